The van der Waals surface area contributed by atoms with Crippen LogP contribution in [0.1, 0.15) is 229 Å². The summed E-state index contributed by atoms with van der Waals surface area (Å²) in [6, 6.07) is 57.0. The van der Waals surface area contributed by atoms with Crippen molar-refractivity contribution < 1.29 is 33.0 Å². The highest BCUT2D eigenvalue weighted by atomic mass is 35.5. The monoisotopic (exact) mass is 1790 g/mol. The number of amides is 1. The number of hydrogen-bond donors (Lipinski definition) is 6. The molecule has 6 aromatic carbocycles. The fourth-order valence-electron chi connectivity index (χ4n) is 21.3. The minimum Gasteiger partial charge on any atom is -0.507 e. The van der Waals surface area contributed by atoms with Crippen LogP contribution < -0.4 is 21.3 Å². The normalized spacial score (nSPS) is 24.8. The zero-order valence-electron chi connectivity index (χ0n) is 77.9. The Hall–Kier alpha value is -7.87. The number of likely N-dealkylation sites (tertiary alicyclic amines) is 4. The van der Waals surface area contributed by atoms with Gasteiger partial charge in [-0.15, -0.1) is 0 Å². The Kier molecular flexibility index (Phi) is 33.2. The number of phenols is 1. The van der Waals surface area contributed by atoms with Gasteiger partial charge >= 0.3 is 0 Å². The first kappa shape index (κ1) is 95.7. The summed E-state index contributed by atoms with van der Waals surface area (Å²) in [5, 5.41) is 39.3. The summed E-state index contributed by atoms with van der Waals surface area (Å²) in [6.07, 6.45) is 33.7. The molecule has 22 heteroatoms. The maximum atomic E-state index is 12.9. The maximum absolute atomic E-state index is 12.9. The van der Waals surface area contributed by atoms with Gasteiger partial charge in [0.2, 0.25) is 15.9 Å². The number of aryl methyl sites for hydroxylation is 1. The van der Waals surface area contributed by atoms with E-state index in [0.717, 1.165) is 92.9 Å². The third kappa shape index (κ3) is 26.6. The smallest absolute Gasteiger partial charge is 0.243 e. The lowest BCUT2D eigenvalue weighted by Gasteiger charge is -2.61. The van der Waals surface area contributed by atoms with Gasteiger partial charge in [-0.3, -0.25) is 29.0 Å². The number of aliphatic hydroxyl groups excluding tert-OH is 1. The number of carbonyl (C=O) groups excluding carboxylic acids is 3. The lowest BCUT2D eigenvalue weighted by Crippen LogP contribution is -2.68. The van der Waals surface area contributed by atoms with Crippen molar-refractivity contribution in [3.63, 3.8) is 0 Å². The number of aliphatic hydroxyl groups is 1. The zero-order chi connectivity index (χ0) is 90.2. The molecule has 6 N–H and O–H groups in total. The van der Waals surface area contributed by atoms with Crippen LogP contribution in [0.15, 0.2) is 191 Å². The number of ketones is 2. The fourth-order valence-corrected chi connectivity index (χ4v) is 22.9. The van der Waals surface area contributed by atoms with Crippen molar-refractivity contribution in [3.8, 4) is 5.75 Å². The van der Waals surface area contributed by atoms with Gasteiger partial charge < -0.3 is 51.1 Å². The van der Waals surface area contributed by atoms with E-state index in [1.165, 1.54) is 193 Å². The Morgan fingerprint density at radius 1 is 0.597 bits per heavy atom. The Morgan fingerprint density at radius 2 is 1.18 bits per heavy atom. The number of phenolic OH excluding ortho intramolecular Hbond substituents is 1. The van der Waals surface area contributed by atoms with Gasteiger partial charge in [-0.25, -0.2) is 8.42 Å². The number of carbonyl (C=O) groups is 3. The van der Waals surface area contributed by atoms with E-state index in [-0.39, 0.29) is 34.3 Å². The topological polar surface area (TPSA) is 224 Å². The molecule has 0 bridgehead atoms. The minimum atomic E-state index is -3.66. The molecule has 6 heterocycles. The Balaban J connectivity index is 0.000000124. The highest BCUT2D eigenvalue weighted by molar-refractivity contribution is 7.89. The summed E-state index contributed by atoms with van der Waals surface area (Å²) in [5.74, 6) is 4.05. The third-order valence-electron chi connectivity index (χ3n) is 29.6. The molecule has 12 fully saturated rings. The number of benzene rings is 6. The second-order valence-electron chi connectivity index (χ2n) is 39.9. The molecule has 20 nitrogen and oxygen atoms in total. The van der Waals surface area contributed by atoms with E-state index in [2.05, 4.69) is 211 Å². The van der Waals surface area contributed by atoms with Crippen LogP contribution in [0.2, 0.25) is 5.02 Å². The fraction of sp³-hybridized carbons (Fsp3) is 0.561. The third-order valence-corrected chi connectivity index (χ3v) is 31.8. The van der Waals surface area contributed by atoms with E-state index in [4.69, 9.17) is 11.6 Å². The van der Waals surface area contributed by atoms with Gasteiger partial charge in [-0.1, -0.05) is 190 Å². The molecule has 129 heavy (non-hydrogen) atoms. The molecule has 0 radical (unpaired) electrons. The number of piperidine rings is 2. The van der Waals surface area contributed by atoms with Crippen molar-refractivity contribution in [2.45, 2.75) is 235 Å². The molecule has 19 rings (SSSR count). The number of piperazine rings is 1. The second-order valence-corrected chi connectivity index (χ2v) is 42.2. The molecule has 5 aliphatic heterocycles. The van der Waals surface area contributed by atoms with Crippen LogP contribution in [0, 0.1) is 28.6 Å². The number of rotatable bonds is 34. The lowest BCUT2D eigenvalue weighted by molar-refractivity contribution is -0.132. The van der Waals surface area contributed by atoms with Gasteiger partial charge in [0.1, 0.15) is 12.3 Å². The average molecular weight is 1790 g/mol. The van der Waals surface area contributed by atoms with Gasteiger partial charge in [0.05, 0.1) is 23.3 Å². The number of aromatic hydroxyl groups is 1. The molecule has 12 aliphatic rings. The van der Waals surface area contributed by atoms with E-state index in [1.807, 2.05) is 14.1 Å². The highest BCUT2D eigenvalue weighted by Crippen LogP contribution is 2.53. The standard InChI is InChI=1S/C23H34N2O.C22H33N3O.C22H32N2.C21H24ClN3O4S.C19H23N3O/c1-3-18(10-17-8-6-5-7-9-17)21-11-22(21)24-19-12-23(13-19)15-25(16-23)20(4-2)14-26;26-22(25-12-5-2-6-13-25)11-16-24-14-9-19(10-15-24)23-21-17-20(21)18-7-3-1-4-8-18;1-3-10-24-15-22(16-24)13-19(14-22)23-21-12-20(21)18(4-2)11-17-8-6-5-7-9-17;1-15(19-13-17(22)6-7-20(19)26)23-14-21(27)16-4-3-5-18(12-16)30(28,29)25-10-8-24(2)9-11-25;1-22-12-16(11-21-22)19(23)8-13-4-6-15(7-5-13)17-9-18(17)20-10-14-2-3-14/h5-10,19-22,24,26H,3-4,11-16H2,1-2H3;1,3-4,7-8,19-21,23H,2,5-6,9-17H2;5-9,11,19-21,23H,3-4,10,12-16H2,1-2H3;3-7,12-13,26H,8-11,14H2,1-2H3;4-7,11-12,14,17-18,20H,2-3,8-10H2,1H3/b18-10+;;18-11+;;/t20?,21-,22+;2*20-,21+;;17-,18+/m000.0/s1. The quantitative estimate of drug-likeness (QED) is 0.0163. The number of Topliss-reactive ketones (excluding diaryl/α,β-unsaturated/α-hetero) is 2. The molecule has 1 unspecified atom stereocenters. The molecular formula is C107H146ClN13O7S. The lowest BCUT2D eigenvalue weighted by atomic mass is 9.60. The molecule has 5 saturated heterocycles. The number of nitrogens with zero attached hydrogens (tertiary/aromatic N) is 9. The molecule has 1 aromatic heterocycles. The summed E-state index contributed by atoms with van der Waals surface area (Å²) >= 11 is 5.96. The summed E-state index contributed by atoms with van der Waals surface area (Å²) in [7, 11) is 0.126. The van der Waals surface area contributed by atoms with Gasteiger partial charge in [-0.05, 0) is 249 Å². The van der Waals surface area contributed by atoms with E-state index >= 15 is 0 Å². The van der Waals surface area contributed by atoms with Crippen molar-refractivity contribution >= 4 is 57.0 Å². The predicted octanol–water partition coefficient (Wildman–Crippen LogP) is 16.4. The Labute approximate surface area is 775 Å². The van der Waals surface area contributed by atoms with Crippen LogP contribution in [0.5, 0.6) is 5.75 Å². The molecule has 9 atom stereocenters. The predicted molar refractivity (Wildman–Crippen MR) is 522 cm³/mol. The molecule has 2 spiro atoms. The van der Waals surface area contributed by atoms with Crippen molar-refractivity contribution in [2.24, 2.45) is 40.6 Å². The van der Waals surface area contributed by atoms with E-state index in [9.17, 15) is 33.0 Å². The number of likely N-dealkylation sites (N-methyl/N-ethyl adjacent to an activating group) is 1. The average Bonchev–Trinajstić information content (AvgIpc) is 1.57. The number of aliphatic imine (C=N–C) groups is 1. The van der Waals surface area contributed by atoms with Gasteiger partial charge in [0.15, 0.2) is 11.6 Å². The first-order valence-corrected chi connectivity index (χ1v) is 50.9. The maximum Gasteiger partial charge on any atom is 0.243 e. The van der Waals surface area contributed by atoms with E-state index in [0.29, 0.717) is 120 Å². The van der Waals surface area contributed by atoms with E-state index in [1.54, 1.807) is 59.4 Å². The molecule has 7 saturated carbocycles. The van der Waals surface area contributed by atoms with Crippen LogP contribution in [-0.2, 0) is 28.3 Å². The summed E-state index contributed by atoms with van der Waals surface area (Å²) in [4.78, 5) is 53.2. The van der Waals surface area contributed by atoms with Gasteiger partial charge in [-0.2, -0.15) is 9.40 Å². The first-order valence-electron chi connectivity index (χ1n) is 49.1. The van der Waals surface area contributed by atoms with Gasteiger partial charge in [0.25, 0.3) is 0 Å². The Morgan fingerprint density at radius 3 is 1.75 bits per heavy atom. The molecule has 7 aliphatic carbocycles. The molecule has 694 valence electrons. The van der Waals surface area contributed by atoms with Crippen LogP contribution in [0.4, 0.5) is 0 Å². The SMILES string of the molecule is CC(=NCC(=O)c1cccc(S(=O)(=O)N2CCN(C)CC2)c1)c1cc(Cl)ccc1O.CC/C(=C\c1ccccc1)[C@@H]1C[C@H]1NC1CC2(C1)CN(C(CC)CO)C2.CCCN1CC2(CC(N[C@@H]3C[C@H]3/C(=C/c3ccccc3)CC)C2)C1.Cn1cc(C(=O)Cc2ccc([C@@H]3C[C@H]3NCC3CC3)cc2)cn1.O=C(CCN1CCC(N[C@@H]2C[C@H]2c2ccccc2)CC1)N1CCCCC1. The van der Waals surface area contributed by atoms with E-state index < -0.39 is 10.0 Å². The number of sulfonamides is 1. The van der Waals surface area contributed by atoms with Crippen molar-refractivity contribution in [1.82, 2.24) is 59.9 Å². The second kappa shape index (κ2) is 44.8. The number of aromatic nitrogens is 2. The molecule has 1 amide bonds. The first-order chi connectivity index (χ1) is 62.5. The number of halogens is 1. The summed E-state index contributed by atoms with van der Waals surface area (Å²) in [5.41, 5.74) is 13.0. The molecule has 7 aromatic rings. The largest absolute Gasteiger partial charge is 0.507 e. The van der Waals surface area contributed by atoms with Crippen molar-refractivity contribution in [2.75, 3.05) is 118 Å². The Bertz CT molecular complexity index is 4990. The minimum absolute atomic E-state index is 0.0216. The highest BCUT2D eigenvalue weighted by Gasteiger charge is 2.56. The number of hydrogen-bond acceptors (Lipinski definition) is 17. The zero-order valence-corrected chi connectivity index (χ0v) is 79.5. The van der Waals surface area contributed by atoms with Crippen LogP contribution >= 0.6 is 11.6 Å². The van der Waals surface area contributed by atoms with Crippen LogP contribution in [-0.4, -0.2) is 247 Å². The van der Waals surface area contributed by atoms with Crippen molar-refractivity contribution in [3.05, 3.63) is 231 Å². The van der Waals surface area contributed by atoms with Crippen molar-refractivity contribution in [1.29, 1.82) is 0 Å². The summed E-state index contributed by atoms with van der Waals surface area (Å²) in [6.45, 7) is 25.8. The van der Waals surface area contributed by atoms with Crippen LogP contribution in [0.3, 0.4) is 0 Å². The summed E-state index contributed by atoms with van der Waals surface area (Å²) < 4.78 is 28.9. The number of nitrogens with one attached hydrogen (secondary N) is 4. The van der Waals surface area contributed by atoms with Gasteiger partial charge in [0, 0.05) is 180 Å². The molecular weight excluding hydrogens is 1650 g/mol. The van der Waals surface area contributed by atoms with Crippen LogP contribution in [0.25, 0.3) is 12.2 Å².